The first kappa shape index (κ1) is 14.4. The topological polar surface area (TPSA) is 28.2 Å². The fourth-order valence-electron chi connectivity index (χ4n) is 2.24. The van der Waals surface area contributed by atoms with E-state index in [0.717, 1.165) is 30.0 Å². The molecule has 1 aromatic heterocycles. The number of pyridine rings is 1. The number of hydrogen-bond donors (Lipinski definition) is 1. The van der Waals surface area contributed by atoms with Gasteiger partial charge in [-0.05, 0) is 42.2 Å². The molecule has 0 unspecified atom stereocenters. The molecule has 21 heavy (non-hydrogen) atoms. The number of hydrogen-bond acceptors (Lipinski definition) is 3. The molecule has 0 spiro atoms. The van der Waals surface area contributed by atoms with Gasteiger partial charge in [-0.15, -0.1) is 0 Å². The summed E-state index contributed by atoms with van der Waals surface area (Å²) >= 11 is 5.91. The third-order valence-corrected chi connectivity index (χ3v) is 3.96. The molecule has 1 aliphatic rings. The lowest BCUT2D eigenvalue weighted by atomic mass is 10.2. The summed E-state index contributed by atoms with van der Waals surface area (Å²) in [5.41, 5.74) is 2.47. The number of nitrogens with zero attached hydrogens (tertiary/aromatic N) is 2. The highest BCUT2D eigenvalue weighted by molar-refractivity contribution is 6.30. The zero-order chi connectivity index (χ0) is 14.7. The Hall–Kier alpha value is -1.58. The summed E-state index contributed by atoms with van der Waals surface area (Å²) in [6.07, 6.45) is 4.59. The van der Waals surface area contributed by atoms with Gasteiger partial charge in [-0.2, -0.15) is 0 Å². The minimum Gasteiger partial charge on any atom is -0.355 e. The normalized spacial score (nSPS) is 14.2. The van der Waals surface area contributed by atoms with Crippen molar-refractivity contribution < 1.29 is 0 Å². The zero-order valence-corrected chi connectivity index (χ0v) is 13.0. The van der Waals surface area contributed by atoms with Crippen molar-refractivity contribution in [1.29, 1.82) is 0 Å². The Kier molecular flexibility index (Phi) is 4.42. The Bertz CT molecular complexity index is 576. The van der Waals surface area contributed by atoms with Gasteiger partial charge in [0.05, 0.1) is 0 Å². The van der Waals surface area contributed by atoms with Gasteiger partial charge in [0.25, 0.3) is 0 Å². The van der Waals surface area contributed by atoms with E-state index in [1.165, 1.54) is 24.0 Å². The van der Waals surface area contributed by atoms with E-state index in [0.29, 0.717) is 0 Å². The number of aromatic nitrogens is 1. The second-order valence-electron chi connectivity index (χ2n) is 5.66. The van der Waals surface area contributed by atoms with Crippen molar-refractivity contribution in [3.05, 3.63) is 58.7 Å². The van der Waals surface area contributed by atoms with E-state index in [1.807, 2.05) is 30.5 Å². The van der Waals surface area contributed by atoms with Gasteiger partial charge in [0.2, 0.25) is 0 Å². The van der Waals surface area contributed by atoms with Gasteiger partial charge in [-0.3, -0.25) is 0 Å². The molecule has 0 atom stereocenters. The lowest BCUT2D eigenvalue weighted by molar-refractivity contribution is 0.685. The number of rotatable bonds is 6. The lowest BCUT2D eigenvalue weighted by Crippen LogP contribution is -2.18. The van der Waals surface area contributed by atoms with Crippen molar-refractivity contribution in [3.8, 4) is 0 Å². The molecule has 110 valence electrons. The molecule has 0 aliphatic heterocycles. The highest BCUT2D eigenvalue weighted by Crippen LogP contribution is 2.20. The molecule has 1 heterocycles. The third kappa shape index (κ3) is 4.19. The summed E-state index contributed by atoms with van der Waals surface area (Å²) in [6.45, 7) is 1.74. The van der Waals surface area contributed by atoms with Crippen LogP contribution in [0.4, 0.5) is 5.82 Å². The molecule has 1 aromatic carbocycles. The molecule has 4 heteroatoms. The van der Waals surface area contributed by atoms with E-state index in [9.17, 15) is 0 Å². The van der Waals surface area contributed by atoms with E-state index in [1.54, 1.807) is 0 Å². The van der Waals surface area contributed by atoms with Crippen LogP contribution in [-0.2, 0) is 13.1 Å². The smallest absolute Gasteiger partial charge is 0.128 e. The van der Waals surface area contributed by atoms with Gasteiger partial charge in [0.15, 0.2) is 0 Å². The average molecular weight is 302 g/mol. The van der Waals surface area contributed by atoms with Crippen LogP contribution in [0.3, 0.4) is 0 Å². The van der Waals surface area contributed by atoms with Crippen LogP contribution in [0.2, 0.25) is 5.02 Å². The first-order chi connectivity index (χ1) is 10.2. The van der Waals surface area contributed by atoms with Crippen LogP contribution < -0.4 is 10.2 Å². The molecule has 1 fully saturated rings. The maximum atomic E-state index is 5.91. The van der Waals surface area contributed by atoms with Crippen molar-refractivity contribution in [2.24, 2.45) is 0 Å². The Morgan fingerprint density at radius 3 is 2.48 bits per heavy atom. The largest absolute Gasteiger partial charge is 0.355 e. The van der Waals surface area contributed by atoms with Crippen LogP contribution in [0.15, 0.2) is 42.6 Å². The molecule has 3 rings (SSSR count). The molecule has 1 aliphatic carbocycles. The molecule has 0 amide bonds. The van der Waals surface area contributed by atoms with Gasteiger partial charge in [-0.25, -0.2) is 4.98 Å². The van der Waals surface area contributed by atoms with Crippen molar-refractivity contribution in [3.63, 3.8) is 0 Å². The predicted octanol–water partition coefficient (Wildman–Crippen LogP) is 3.62. The molecule has 0 saturated heterocycles. The van der Waals surface area contributed by atoms with E-state index < -0.39 is 0 Å². The van der Waals surface area contributed by atoms with E-state index in [4.69, 9.17) is 11.6 Å². The minimum atomic E-state index is 0.734. The van der Waals surface area contributed by atoms with E-state index >= 15 is 0 Å². The highest BCUT2D eigenvalue weighted by Gasteiger charge is 2.19. The fraction of sp³-hybridized carbons (Fsp3) is 0.353. The van der Waals surface area contributed by atoms with Gasteiger partial charge in [-0.1, -0.05) is 29.8 Å². The van der Waals surface area contributed by atoms with Crippen molar-refractivity contribution in [1.82, 2.24) is 10.3 Å². The molecular formula is C17H20ClN3. The van der Waals surface area contributed by atoms with Gasteiger partial charge in [0.1, 0.15) is 5.82 Å². The monoisotopic (exact) mass is 301 g/mol. The first-order valence-corrected chi connectivity index (χ1v) is 7.72. The molecule has 3 nitrogen and oxygen atoms in total. The first-order valence-electron chi connectivity index (χ1n) is 7.34. The second-order valence-corrected chi connectivity index (χ2v) is 6.10. The van der Waals surface area contributed by atoms with Gasteiger partial charge < -0.3 is 10.2 Å². The number of anilines is 1. The van der Waals surface area contributed by atoms with Crippen molar-refractivity contribution >= 4 is 17.4 Å². The fourth-order valence-corrected chi connectivity index (χ4v) is 2.37. The molecule has 2 aromatic rings. The number of benzene rings is 1. The molecule has 1 N–H and O–H groups in total. The van der Waals surface area contributed by atoms with Crippen LogP contribution in [0.5, 0.6) is 0 Å². The Labute approximate surface area is 131 Å². The Balaban J connectivity index is 1.58. The number of halogens is 1. The summed E-state index contributed by atoms with van der Waals surface area (Å²) < 4.78 is 0. The maximum Gasteiger partial charge on any atom is 0.128 e. The van der Waals surface area contributed by atoms with Gasteiger partial charge in [0, 0.05) is 37.4 Å². The van der Waals surface area contributed by atoms with Crippen LogP contribution >= 0.6 is 11.6 Å². The van der Waals surface area contributed by atoms with Crippen molar-refractivity contribution in [2.75, 3.05) is 11.9 Å². The van der Waals surface area contributed by atoms with E-state index in [-0.39, 0.29) is 0 Å². The van der Waals surface area contributed by atoms with Crippen LogP contribution in [-0.4, -0.2) is 18.1 Å². The average Bonchev–Trinajstić information content (AvgIpc) is 3.32. The van der Waals surface area contributed by atoms with E-state index in [2.05, 4.69) is 34.4 Å². The standard InChI is InChI=1S/C17H20ClN3/c1-21(12-13-2-5-15(18)6-3-13)17-9-4-14(11-20-17)10-19-16-7-8-16/h2-6,9,11,16,19H,7-8,10,12H2,1H3. The summed E-state index contributed by atoms with van der Waals surface area (Å²) in [5, 5.41) is 4.27. The SMILES string of the molecule is CN(Cc1ccc(Cl)cc1)c1ccc(CNC2CC2)cn1. The van der Waals surface area contributed by atoms with Crippen LogP contribution in [0, 0.1) is 0 Å². The summed E-state index contributed by atoms with van der Waals surface area (Å²) in [7, 11) is 2.05. The Morgan fingerprint density at radius 2 is 1.86 bits per heavy atom. The molecule has 0 bridgehead atoms. The zero-order valence-electron chi connectivity index (χ0n) is 12.2. The van der Waals surface area contributed by atoms with Gasteiger partial charge >= 0.3 is 0 Å². The lowest BCUT2D eigenvalue weighted by Gasteiger charge is -2.18. The predicted molar refractivity (Wildman–Crippen MR) is 87.7 cm³/mol. The van der Waals surface area contributed by atoms with Crippen molar-refractivity contribution in [2.45, 2.75) is 32.0 Å². The summed E-state index contributed by atoms with van der Waals surface area (Å²) in [4.78, 5) is 6.69. The van der Waals surface area contributed by atoms with Crippen LogP contribution in [0.25, 0.3) is 0 Å². The van der Waals surface area contributed by atoms with Crippen LogP contribution in [0.1, 0.15) is 24.0 Å². The summed E-state index contributed by atoms with van der Waals surface area (Å²) in [6, 6.07) is 12.9. The minimum absolute atomic E-state index is 0.734. The highest BCUT2D eigenvalue weighted by atomic mass is 35.5. The quantitative estimate of drug-likeness (QED) is 0.883. The number of nitrogens with one attached hydrogen (secondary N) is 1. The molecular weight excluding hydrogens is 282 g/mol. The molecule has 0 radical (unpaired) electrons. The summed E-state index contributed by atoms with van der Waals surface area (Å²) in [5.74, 6) is 0.986. The molecule has 1 saturated carbocycles. The Morgan fingerprint density at radius 1 is 1.14 bits per heavy atom. The second kappa shape index (κ2) is 6.46. The third-order valence-electron chi connectivity index (χ3n) is 3.71. The maximum absolute atomic E-state index is 5.91.